The van der Waals surface area contributed by atoms with Crippen molar-refractivity contribution in [1.29, 1.82) is 0 Å². The number of rotatable bonds is 6. The molecule has 0 heterocycles. The Balaban J connectivity index is 1.76. The molecule has 0 aromatic heterocycles. The second kappa shape index (κ2) is 8.20. The van der Waals surface area contributed by atoms with Crippen LogP contribution in [0.25, 0.3) is 11.1 Å². The van der Waals surface area contributed by atoms with Gasteiger partial charge in [0.05, 0.1) is 14.2 Å². The fraction of sp³-hybridized carbons (Fsp3) is 0.429. The third-order valence-electron chi connectivity index (χ3n) is 4.89. The quantitative estimate of drug-likeness (QED) is 0.828. The van der Waals surface area contributed by atoms with Gasteiger partial charge in [-0.05, 0) is 48.2 Å². The lowest BCUT2D eigenvalue weighted by Gasteiger charge is -2.23. The van der Waals surface area contributed by atoms with Crippen molar-refractivity contribution >= 4 is 0 Å². The zero-order valence-electron chi connectivity index (χ0n) is 14.7. The van der Waals surface area contributed by atoms with Gasteiger partial charge in [0, 0.05) is 18.2 Å². The Morgan fingerprint density at radius 1 is 0.875 bits per heavy atom. The zero-order chi connectivity index (χ0) is 16.8. The van der Waals surface area contributed by atoms with Crippen LogP contribution >= 0.6 is 0 Å². The van der Waals surface area contributed by atoms with Gasteiger partial charge in [0.1, 0.15) is 11.5 Å². The van der Waals surface area contributed by atoms with E-state index in [0.717, 1.165) is 18.0 Å². The molecule has 3 rings (SSSR count). The molecule has 1 aliphatic rings. The van der Waals surface area contributed by atoms with E-state index in [1.807, 2.05) is 12.1 Å². The average molecular weight is 325 g/mol. The molecule has 1 fully saturated rings. The molecule has 0 spiro atoms. The molecule has 2 aromatic carbocycles. The van der Waals surface area contributed by atoms with E-state index >= 15 is 0 Å². The summed E-state index contributed by atoms with van der Waals surface area (Å²) in [4.78, 5) is 0. The molecule has 1 saturated carbocycles. The van der Waals surface area contributed by atoms with E-state index in [9.17, 15) is 0 Å². The Labute approximate surface area is 145 Å². The van der Waals surface area contributed by atoms with Crippen molar-refractivity contribution in [2.24, 2.45) is 0 Å². The molecule has 0 radical (unpaired) electrons. The first-order valence-electron chi connectivity index (χ1n) is 8.85. The molecule has 0 amide bonds. The van der Waals surface area contributed by atoms with Crippen LogP contribution in [-0.4, -0.2) is 20.3 Å². The van der Waals surface area contributed by atoms with Gasteiger partial charge in [-0.3, -0.25) is 0 Å². The standard InChI is InChI=1S/C21H27NO2/c1-23-20-11-8-16(9-12-20)17-10-13-21(24-2)18(14-17)15-22-19-6-4-3-5-7-19/h8-14,19,22H,3-7,15H2,1-2H3. The predicted octanol–water partition coefficient (Wildman–Crippen LogP) is 4.79. The topological polar surface area (TPSA) is 30.5 Å². The molecule has 0 unspecified atom stereocenters. The molecule has 1 N–H and O–H groups in total. The van der Waals surface area contributed by atoms with Crippen LogP contribution in [-0.2, 0) is 6.54 Å². The summed E-state index contributed by atoms with van der Waals surface area (Å²) >= 11 is 0. The summed E-state index contributed by atoms with van der Waals surface area (Å²) in [7, 11) is 3.43. The third-order valence-corrected chi connectivity index (χ3v) is 4.89. The molecular weight excluding hydrogens is 298 g/mol. The summed E-state index contributed by atoms with van der Waals surface area (Å²) in [6, 6.07) is 15.3. The summed E-state index contributed by atoms with van der Waals surface area (Å²) in [6.07, 6.45) is 6.66. The van der Waals surface area contributed by atoms with Crippen LogP contribution in [0, 0.1) is 0 Å². The SMILES string of the molecule is COc1ccc(-c2ccc(OC)c(CNC3CCCCC3)c2)cc1. The van der Waals surface area contributed by atoms with E-state index in [1.54, 1.807) is 14.2 Å². The van der Waals surface area contributed by atoms with Crippen LogP contribution in [0.2, 0.25) is 0 Å². The smallest absolute Gasteiger partial charge is 0.123 e. The lowest BCUT2D eigenvalue weighted by Crippen LogP contribution is -2.30. The van der Waals surface area contributed by atoms with Crippen LogP contribution in [0.15, 0.2) is 42.5 Å². The van der Waals surface area contributed by atoms with Crippen molar-refractivity contribution in [3.63, 3.8) is 0 Å². The van der Waals surface area contributed by atoms with Gasteiger partial charge >= 0.3 is 0 Å². The van der Waals surface area contributed by atoms with Crippen LogP contribution in [0.1, 0.15) is 37.7 Å². The molecular formula is C21H27NO2. The van der Waals surface area contributed by atoms with Gasteiger partial charge in [-0.25, -0.2) is 0 Å². The van der Waals surface area contributed by atoms with Gasteiger partial charge in [0.2, 0.25) is 0 Å². The molecule has 3 heteroatoms. The molecule has 24 heavy (non-hydrogen) atoms. The minimum atomic E-state index is 0.646. The maximum atomic E-state index is 5.55. The maximum Gasteiger partial charge on any atom is 0.123 e. The van der Waals surface area contributed by atoms with E-state index in [-0.39, 0.29) is 0 Å². The summed E-state index contributed by atoms with van der Waals surface area (Å²) in [5.41, 5.74) is 3.62. The zero-order valence-corrected chi connectivity index (χ0v) is 14.7. The van der Waals surface area contributed by atoms with Gasteiger partial charge < -0.3 is 14.8 Å². The fourth-order valence-electron chi connectivity index (χ4n) is 3.44. The Hall–Kier alpha value is -2.00. The lowest BCUT2D eigenvalue weighted by molar-refractivity contribution is 0.365. The van der Waals surface area contributed by atoms with E-state index < -0.39 is 0 Å². The summed E-state index contributed by atoms with van der Waals surface area (Å²) < 4.78 is 10.8. The molecule has 128 valence electrons. The fourth-order valence-corrected chi connectivity index (χ4v) is 3.44. The summed E-state index contributed by atoms with van der Waals surface area (Å²) in [6.45, 7) is 0.859. The Morgan fingerprint density at radius 3 is 2.25 bits per heavy atom. The summed E-state index contributed by atoms with van der Waals surface area (Å²) in [5.74, 6) is 1.84. The van der Waals surface area contributed by atoms with Crippen LogP contribution in [0.5, 0.6) is 11.5 Å². The van der Waals surface area contributed by atoms with Crippen molar-refractivity contribution in [2.45, 2.75) is 44.7 Å². The van der Waals surface area contributed by atoms with E-state index in [1.165, 1.54) is 48.8 Å². The minimum Gasteiger partial charge on any atom is -0.497 e. The monoisotopic (exact) mass is 325 g/mol. The second-order valence-electron chi connectivity index (χ2n) is 6.47. The van der Waals surface area contributed by atoms with Crippen molar-refractivity contribution in [3.05, 3.63) is 48.0 Å². The molecule has 0 aliphatic heterocycles. The maximum absolute atomic E-state index is 5.55. The highest BCUT2D eigenvalue weighted by Gasteiger charge is 2.14. The highest BCUT2D eigenvalue weighted by atomic mass is 16.5. The van der Waals surface area contributed by atoms with Crippen molar-refractivity contribution in [2.75, 3.05) is 14.2 Å². The number of methoxy groups -OCH3 is 2. The molecule has 3 nitrogen and oxygen atoms in total. The van der Waals surface area contributed by atoms with Gasteiger partial charge in [0.15, 0.2) is 0 Å². The Bertz CT molecular complexity index is 645. The molecule has 0 atom stereocenters. The number of hydrogen-bond acceptors (Lipinski definition) is 3. The van der Waals surface area contributed by atoms with Crippen molar-refractivity contribution < 1.29 is 9.47 Å². The highest BCUT2D eigenvalue weighted by Crippen LogP contribution is 2.28. The molecule has 2 aromatic rings. The van der Waals surface area contributed by atoms with E-state index in [2.05, 4.69) is 35.6 Å². The van der Waals surface area contributed by atoms with Gasteiger partial charge in [-0.1, -0.05) is 37.5 Å². The van der Waals surface area contributed by atoms with Gasteiger partial charge in [-0.15, -0.1) is 0 Å². The number of hydrogen-bond donors (Lipinski definition) is 1. The number of ether oxygens (including phenoxy) is 2. The van der Waals surface area contributed by atoms with E-state index in [0.29, 0.717) is 6.04 Å². The average Bonchev–Trinajstić information content (AvgIpc) is 2.67. The van der Waals surface area contributed by atoms with Crippen molar-refractivity contribution in [3.8, 4) is 22.6 Å². The minimum absolute atomic E-state index is 0.646. The lowest BCUT2D eigenvalue weighted by atomic mass is 9.95. The summed E-state index contributed by atoms with van der Waals surface area (Å²) in [5, 5.41) is 3.71. The predicted molar refractivity (Wildman–Crippen MR) is 98.7 cm³/mol. The van der Waals surface area contributed by atoms with Gasteiger partial charge in [-0.2, -0.15) is 0 Å². The van der Waals surface area contributed by atoms with Crippen LogP contribution < -0.4 is 14.8 Å². The van der Waals surface area contributed by atoms with Gasteiger partial charge in [0.25, 0.3) is 0 Å². The third kappa shape index (κ3) is 4.09. The molecule has 0 bridgehead atoms. The largest absolute Gasteiger partial charge is 0.497 e. The number of benzene rings is 2. The second-order valence-corrected chi connectivity index (χ2v) is 6.47. The first-order valence-corrected chi connectivity index (χ1v) is 8.85. The Kier molecular flexibility index (Phi) is 5.76. The van der Waals surface area contributed by atoms with Crippen LogP contribution in [0.4, 0.5) is 0 Å². The van der Waals surface area contributed by atoms with Crippen molar-refractivity contribution in [1.82, 2.24) is 5.32 Å². The number of nitrogens with one attached hydrogen (secondary N) is 1. The Morgan fingerprint density at radius 2 is 1.58 bits per heavy atom. The first kappa shape index (κ1) is 16.8. The van der Waals surface area contributed by atoms with E-state index in [4.69, 9.17) is 9.47 Å². The normalized spacial score (nSPS) is 15.2. The highest BCUT2D eigenvalue weighted by molar-refractivity contribution is 5.66. The first-order chi connectivity index (χ1) is 11.8. The van der Waals surface area contributed by atoms with Crippen LogP contribution in [0.3, 0.4) is 0 Å². The molecule has 0 saturated heterocycles. The molecule has 1 aliphatic carbocycles.